The number of nitrogens with one attached hydrogen (secondary N) is 1. The number of thioether (sulfide) groups is 1. The molecule has 132 valence electrons. The van der Waals surface area contributed by atoms with Gasteiger partial charge in [-0.15, -0.1) is 11.8 Å². The number of hydrogen-bond acceptors (Lipinski definition) is 6. The van der Waals surface area contributed by atoms with Crippen molar-refractivity contribution in [3.05, 3.63) is 10.6 Å². The van der Waals surface area contributed by atoms with Crippen molar-refractivity contribution in [3.8, 4) is 6.07 Å². The first-order chi connectivity index (χ1) is 11.5. The number of nitriles is 1. The highest BCUT2D eigenvalue weighted by Gasteiger charge is 2.60. The van der Waals surface area contributed by atoms with E-state index in [4.69, 9.17) is 5.26 Å². The van der Waals surface area contributed by atoms with Gasteiger partial charge in [0.1, 0.15) is 5.70 Å². The summed E-state index contributed by atoms with van der Waals surface area (Å²) in [7, 11) is 1.85. The summed E-state index contributed by atoms with van der Waals surface area (Å²) in [5, 5.41) is 31.3. The summed E-state index contributed by atoms with van der Waals surface area (Å²) in [5.41, 5.74) is 0.0410. The Labute approximate surface area is 145 Å². The summed E-state index contributed by atoms with van der Waals surface area (Å²) in [6, 6.07) is 1.77. The van der Waals surface area contributed by atoms with Crippen LogP contribution in [0.5, 0.6) is 0 Å². The van der Waals surface area contributed by atoms with E-state index in [9.17, 15) is 19.8 Å². The van der Waals surface area contributed by atoms with Crippen molar-refractivity contribution in [2.24, 2.45) is 11.8 Å². The van der Waals surface area contributed by atoms with Crippen LogP contribution < -0.4 is 5.32 Å². The van der Waals surface area contributed by atoms with E-state index in [0.717, 1.165) is 19.4 Å². The van der Waals surface area contributed by atoms with Gasteiger partial charge in [-0.05, 0) is 33.4 Å². The fraction of sp³-hybridized carbons (Fsp3) is 0.688. The number of carboxylic acid groups (broad SMARTS) is 1. The third-order valence-electron chi connectivity index (χ3n) is 4.55. The second-order valence-corrected chi connectivity index (χ2v) is 7.23. The van der Waals surface area contributed by atoms with E-state index < -0.39 is 18.0 Å². The van der Waals surface area contributed by atoms with Gasteiger partial charge in [-0.2, -0.15) is 5.26 Å². The molecule has 8 heteroatoms. The Bertz CT molecular complexity index is 584. The number of aliphatic carboxylic acids is 1. The number of β-lactam (4-membered cyclic amide) rings is 1. The molecule has 0 aromatic carbocycles. The van der Waals surface area contributed by atoms with Crippen molar-refractivity contribution < 1.29 is 19.8 Å². The van der Waals surface area contributed by atoms with Crippen LogP contribution in [-0.2, 0) is 9.59 Å². The minimum absolute atomic E-state index is 0.0410. The summed E-state index contributed by atoms with van der Waals surface area (Å²) in [4.78, 5) is 26.1. The van der Waals surface area contributed by atoms with Gasteiger partial charge >= 0.3 is 5.97 Å². The molecule has 1 fully saturated rings. The first-order valence-electron chi connectivity index (χ1n) is 8.08. The quantitative estimate of drug-likeness (QED) is 0.414. The third-order valence-corrected chi connectivity index (χ3v) is 5.76. The molecule has 0 spiro atoms. The second-order valence-electron chi connectivity index (χ2n) is 6.09. The number of nitrogens with zero attached hydrogens (tertiary/aromatic N) is 2. The fourth-order valence-corrected chi connectivity index (χ4v) is 4.76. The Morgan fingerprint density at radius 2 is 2.25 bits per heavy atom. The van der Waals surface area contributed by atoms with Crippen LogP contribution in [0.25, 0.3) is 0 Å². The van der Waals surface area contributed by atoms with E-state index in [1.165, 1.54) is 16.7 Å². The highest BCUT2D eigenvalue weighted by Crippen LogP contribution is 2.52. The zero-order chi connectivity index (χ0) is 17.9. The topological polar surface area (TPSA) is 114 Å². The highest BCUT2D eigenvalue weighted by molar-refractivity contribution is 8.03. The molecule has 2 aliphatic rings. The molecular formula is C16H23N3O4S. The summed E-state index contributed by atoms with van der Waals surface area (Å²) < 4.78 is 0. The molecule has 0 aliphatic carbocycles. The van der Waals surface area contributed by atoms with Gasteiger partial charge in [0.25, 0.3) is 0 Å². The van der Waals surface area contributed by atoms with E-state index in [2.05, 4.69) is 11.4 Å². The molecule has 2 heterocycles. The maximum atomic E-state index is 12.3. The number of rotatable bonds is 9. The Kier molecular flexibility index (Phi) is 6.27. The van der Waals surface area contributed by atoms with Crippen molar-refractivity contribution in [2.45, 2.75) is 38.3 Å². The maximum Gasteiger partial charge on any atom is 0.353 e. The predicted molar refractivity (Wildman–Crippen MR) is 89.8 cm³/mol. The zero-order valence-electron chi connectivity index (χ0n) is 13.9. The third kappa shape index (κ3) is 3.29. The molecule has 7 nitrogen and oxygen atoms in total. The molecule has 0 bridgehead atoms. The smallest absolute Gasteiger partial charge is 0.353 e. The molecular weight excluding hydrogens is 330 g/mol. The molecule has 24 heavy (non-hydrogen) atoms. The average Bonchev–Trinajstić information content (AvgIpc) is 2.78. The van der Waals surface area contributed by atoms with Gasteiger partial charge in [0.2, 0.25) is 5.91 Å². The number of aliphatic hydroxyl groups is 1. The minimum Gasteiger partial charge on any atom is -0.477 e. The molecule has 0 saturated carbocycles. The van der Waals surface area contributed by atoms with Crippen molar-refractivity contribution in [2.75, 3.05) is 19.3 Å². The normalized spacial score (nSPS) is 26.8. The van der Waals surface area contributed by atoms with Crippen LogP contribution >= 0.6 is 11.8 Å². The Balaban J connectivity index is 2.30. The monoisotopic (exact) mass is 353 g/mol. The predicted octanol–water partition coefficient (Wildman–Crippen LogP) is 0.767. The summed E-state index contributed by atoms with van der Waals surface area (Å²) in [5.74, 6) is -1.58. The van der Waals surface area contributed by atoms with Gasteiger partial charge in [0.15, 0.2) is 0 Å². The summed E-state index contributed by atoms with van der Waals surface area (Å²) in [6.07, 6.45) is 1.11. The summed E-state index contributed by atoms with van der Waals surface area (Å²) >= 11 is 1.35. The van der Waals surface area contributed by atoms with Crippen LogP contribution in [0.2, 0.25) is 0 Å². The lowest BCUT2D eigenvalue weighted by Gasteiger charge is -2.47. The van der Waals surface area contributed by atoms with Gasteiger partial charge in [-0.25, -0.2) is 4.79 Å². The SMILES string of the molecule is CNCCC[C@H]1C(SCCC#N)=C(C(=O)O)N2C(=O)[C@H]([C@@H](C)O)[C@@H]12. The number of aliphatic hydroxyl groups excluding tert-OH is 1. The summed E-state index contributed by atoms with van der Waals surface area (Å²) in [6.45, 7) is 2.38. The van der Waals surface area contributed by atoms with Crippen LogP contribution in [0.1, 0.15) is 26.2 Å². The Hall–Kier alpha value is -1.56. The minimum atomic E-state index is -1.12. The molecule has 0 aromatic rings. The van der Waals surface area contributed by atoms with Gasteiger partial charge in [-0.1, -0.05) is 0 Å². The van der Waals surface area contributed by atoms with Crippen LogP contribution in [0.3, 0.4) is 0 Å². The van der Waals surface area contributed by atoms with E-state index >= 15 is 0 Å². The zero-order valence-corrected chi connectivity index (χ0v) is 14.7. The van der Waals surface area contributed by atoms with Crippen molar-refractivity contribution in [1.82, 2.24) is 10.2 Å². The van der Waals surface area contributed by atoms with Crippen LogP contribution in [0, 0.1) is 23.2 Å². The number of carbonyl (C=O) groups excluding carboxylic acids is 1. The first kappa shape index (κ1) is 18.8. The van der Waals surface area contributed by atoms with Crippen molar-refractivity contribution in [3.63, 3.8) is 0 Å². The number of hydrogen-bond donors (Lipinski definition) is 3. The van der Waals surface area contributed by atoms with Crippen LogP contribution in [0.4, 0.5) is 0 Å². The van der Waals surface area contributed by atoms with Crippen LogP contribution in [-0.4, -0.2) is 58.5 Å². The molecule has 4 atom stereocenters. The Morgan fingerprint density at radius 1 is 1.54 bits per heavy atom. The maximum absolute atomic E-state index is 12.3. The molecule has 0 aromatic heterocycles. The number of carboxylic acids is 1. The molecule has 1 amide bonds. The fourth-order valence-electron chi connectivity index (χ4n) is 3.55. The van der Waals surface area contributed by atoms with E-state index in [1.54, 1.807) is 6.92 Å². The van der Waals surface area contributed by atoms with Gasteiger partial charge in [0, 0.05) is 23.0 Å². The van der Waals surface area contributed by atoms with Crippen LogP contribution in [0.15, 0.2) is 10.6 Å². The molecule has 1 saturated heterocycles. The molecule has 0 radical (unpaired) electrons. The second kappa shape index (κ2) is 8.01. The molecule has 2 aliphatic heterocycles. The van der Waals surface area contributed by atoms with E-state index in [0.29, 0.717) is 17.1 Å². The largest absolute Gasteiger partial charge is 0.477 e. The van der Waals surface area contributed by atoms with Gasteiger partial charge in [-0.3, -0.25) is 4.79 Å². The first-order valence-corrected chi connectivity index (χ1v) is 9.07. The number of amides is 1. The standard InChI is InChI=1S/C16H23N3O4S/c1-9(20)11-12-10(5-3-7-18-2)14(24-8-4-6-17)13(16(22)23)19(12)15(11)21/h9-12,18,20H,3-5,7-8H2,1-2H3,(H,22,23)/t9-,10-,11-,12-/m1/s1. The average molecular weight is 353 g/mol. The lowest BCUT2D eigenvalue weighted by Crippen LogP contribution is -2.63. The van der Waals surface area contributed by atoms with Gasteiger partial charge in [0.05, 0.1) is 24.1 Å². The number of carbonyl (C=O) groups is 2. The van der Waals surface area contributed by atoms with Crippen molar-refractivity contribution >= 4 is 23.6 Å². The molecule has 0 unspecified atom stereocenters. The lowest BCUT2D eigenvalue weighted by atomic mass is 9.77. The van der Waals surface area contributed by atoms with E-state index in [1.807, 2.05) is 7.05 Å². The number of fused-ring (bicyclic) bond motifs is 1. The molecule has 3 N–H and O–H groups in total. The highest BCUT2D eigenvalue weighted by atomic mass is 32.2. The lowest BCUT2D eigenvalue weighted by molar-refractivity contribution is -0.163. The van der Waals surface area contributed by atoms with E-state index in [-0.39, 0.29) is 23.6 Å². The van der Waals surface area contributed by atoms with Crippen molar-refractivity contribution in [1.29, 1.82) is 5.26 Å². The van der Waals surface area contributed by atoms with Gasteiger partial charge < -0.3 is 20.4 Å². The molecule has 2 rings (SSSR count). The Morgan fingerprint density at radius 3 is 2.79 bits per heavy atom.